The summed E-state index contributed by atoms with van der Waals surface area (Å²) in [6.07, 6.45) is 7.02. The third-order valence-electron chi connectivity index (χ3n) is 4.87. The lowest BCUT2D eigenvalue weighted by Crippen LogP contribution is -2.56. The lowest BCUT2D eigenvalue weighted by atomic mass is 9.98. The van der Waals surface area contributed by atoms with Crippen LogP contribution in [0.5, 0.6) is 0 Å². The van der Waals surface area contributed by atoms with Gasteiger partial charge in [-0.25, -0.2) is 0 Å². The van der Waals surface area contributed by atoms with Gasteiger partial charge in [-0.1, -0.05) is 6.42 Å². The van der Waals surface area contributed by atoms with Gasteiger partial charge in [-0.2, -0.15) is 0 Å². The third-order valence-corrected chi connectivity index (χ3v) is 4.87. The van der Waals surface area contributed by atoms with Crippen LogP contribution in [0.1, 0.15) is 32.1 Å². The van der Waals surface area contributed by atoms with Crippen LogP contribution in [0.4, 0.5) is 0 Å². The summed E-state index contributed by atoms with van der Waals surface area (Å²) in [5, 5.41) is 0. The number of nitrogens with zero attached hydrogens (tertiary/aromatic N) is 2. The van der Waals surface area contributed by atoms with Crippen molar-refractivity contribution in [1.29, 1.82) is 0 Å². The van der Waals surface area contributed by atoms with Crippen LogP contribution < -0.4 is 5.73 Å². The van der Waals surface area contributed by atoms with Crippen molar-refractivity contribution in [2.24, 2.45) is 11.1 Å². The molecule has 1 saturated carbocycles. The van der Waals surface area contributed by atoms with E-state index in [-0.39, 0.29) is 0 Å². The van der Waals surface area contributed by atoms with Gasteiger partial charge in [0.2, 0.25) is 0 Å². The minimum Gasteiger partial charge on any atom is -0.330 e. The van der Waals surface area contributed by atoms with Crippen molar-refractivity contribution >= 4 is 0 Å². The van der Waals surface area contributed by atoms with E-state index in [0.717, 1.165) is 12.6 Å². The Morgan fingerprint density at radius 2 is 2.00 bits per heavy atom. The molecule has 0 spiro atoms. The second-order valence-electron chi connectivity index (χ2n) is 6.12. The number of rotatable bonds is 3. The number of hydrogen-bond donors (Lipinski definition) is 1. The molecule has 0 amide bonds. The first-order valence-corrected chi connectivity index (χ1v) is 6.98. The van der Waals surface area contributed by atoms with Crippen molar-refractivity contribution in [1.82, 2.24) is 9.80 Å². The van der Waals surface area contributed by atoms with Gasteiger partial charge >= 0.3 is 0 Å². The molecule has 1 aliphatic carbocycles. The number of nitrogens with two attached hydrogens (primary N) is 1. The Balaban J connectivity index is 1.54. The van der Waals surface area contributed by atoms with Gasteiger partial charge in [0.25, 0.3) is 0 Å². The van der Waals surface area contributed by atoms with Gasteiger partial charge in [0, 0.05) is 32.2 Å². The lowest BCUT2D eigenvalue weighted by molar-refractivity contribution is 0.0401. The molecule has 16 heavy (non-hydrogen) atoms. The molecule has 2 heterocycles. The number of piperidine rings is 1. The van der Waals surface area contributed by atoms with E-state index in [4.69, 9.17) is 5.73 Å². The van der Waals surface area contributed by atoms with E-state index in [9.17, 15) is 0 Å². The van der Waals surface area contributed by atoms with E-state index < -0.39 is 0 Å². The first-order valence-electron chi connectivity index (χ1n) is 6.98. The first kappa shape index (κ1) is 11.0. The van der Waals surface area contributed by atoms with Crippen LogP contribution >= 0.6 is 0 Å². The molecular formula is C13H25N3. The Kier molecular flexibility index (Phi) is 2.94. The standard InChI is InChI=1S/C13H25N3/c14-10-13(4-5-13)11-15-7-8-16-6-2-1-3-12(16)9-15/h12H,1-11,14H2. The van der Waals surface area contributed by atoms with Crippen molar-refractivity contribution in [3.63, 3.8) is 0 Å². The summed E-state index contributed by atoms with van der Waals surface area (Å²) in [5.74, 6) is 0. The predicted octanol–water partition coefficient (Wildman–Crippen LogP) is 0.895. The second-order valence-corrected chi connectivity index (χ2v) is 6.12. The summed E-state index contributed by atoms with van der Waals surface area (Å²) in [7, 11) is 0. The van der Waals surface area contributed by atoms with E-state index in [0.29, 0.717) is 5.41 Å². The number of piperazine rings is 1. The quantitative estimate of drug-likeness (QED) is 0.771. The van der Waals surface area contributed by atoms with Crippen LogP contribution in [-0.4, -0.2) is 55.1 Å². The molecule has 3 nitrogen and oxygen atoms in total. The van der Waals surface area contributed by atoms with Crippen LogP contribution in [0.3, 0.4) is 0 Å². The highest BCUT2D eigenvalue weighted by atomic mass is 15.3. The summed E-state index contributed by atoms with van der Waals surface area (Å²) in [6, 6.07) is 0.857. The van der Waals surface area contributed by atoms with Crippen molar-refractivity contribution in [2.75, 3.05) is 39.3 Å². The highest BCUT2D eigenvalue weighted by Gasteiger charge is 2.43. The van der Waals surface area contributed by atoms with Gasteiger partial charge in [0.15, 0.2) is 0 Å². The Hall–Kier alpha value is -0.120. The zero-order valence-electron chi connectivity index (χ0n) is 10.3. The molecule has 1 atom stereocenters. The molecule has 2 aliphatic heterocycles. The first-order chi connectivity index (χ1) is 7.81. The van der Waals surface area contributed by atoms with Crippen molar-refractivity contribution in [2.45, 2.75) is 38.1 Å². The normalized spacial score (nSPS) is 34.7. The van der Waals surface area contributed by atoms with Crippen LogP contribution in [0.2, 0.25) is 0 Å². The van der Waals surface area contributed by atoms with Crippen LogP contribution in [0, 0.1) is 5.41 Å². The minimum absolute atomic E-state index is 0.525. The molecule has 0 aromatic carbocycles. The zero-order chi connectivity index (χ0) is 11.0. The number of hydrogen-bond acceptors (Lipinski definition) is 3. The van der Waals surface area contributed by atoms with E-state index in [1.54, 1.807) is 0 Å². The van der Waals surface area contributed by atoms with Gasteiger partial charge in [-0.3, -0.25) is 9.80 Å². The molecule has 3 heteroatoms. The van der Waals surface area contributed by atoms with Gasteiger partial charge in [-0.05, 0) is 44.2 Å². The summed E-state index contributed by atoms with van der Waals surface area (Å²) >= 11 is 0. The molecule has 0 aromatic heterocycles. The summed E-state index contributed by atoms with van der Waals surface area (Å²) in [4.78, 5) is 5.40. The Morgan fingerprint density at radius 3 is 2.75 bits per heavy atom. The minimum atomic E-state index is 0.525. The maximum Gasteiger partial charge on any atom is 0.0223 e. The van der Waals surface area contributed by atoms with Gasteiger partial charge < -0.3 is 5.73 Å². The molecule has 3 fully saturated rings. The average Bonchev–Trinajstić information content (AvgIpc) is 3.09. The van der Waals surface area contributed by atoms with E-state index in [1.165, 1.54) is 64.8 Å². The van der Waals surface area contributed by atoms with Crippen LogP contribution in [0.15, 0.2) is 0 Å². The molecule has 3 rings (SSSR count). The van der Waals surface area contributed by atoms with Crippen LogP contribution in [0.25, 0.3) is 0 Å². The SMILES string of the molecule is NCC1(CN2CCN3CCCCC3C2)CC1. The maximum atomic E-state index is 5.88. The molecule has 0 bridgehead atoms. The van der Waals surface area contributed by atoms with Crippen LogP contribution in [-0.2, 0) is 0 Å². The fraction of sp³-hybridized carbons (Fsp3) is 1.00. The third kappa shape index (κ3) is 2.13. The fourth-order valence-corrected chi connectivity index (χ4v) is 3.44. The molecular weight excluding hydrogens is 198 g/mol. The predicted molar refractivity (Wildman–Crippen MR) is 66.4 cm³/mol. The van der Waals surface area contributed by atoms with Gasteiger partial charge in [0.05, 0.1) is 0 Å². The molecule has 0 aromatic rings. The van der Waals surface area contributed by atoms with Gasteiger partial charge in [-0.15, -0.1) is 0 Å². The monoisotopic (exact) mass is 223 g/mol. The zero-order valence-corrected chi connectivity index (χ0v) is 10.3. The maximum absolute atomic E-state index is 5.88. The fourth-order valence-electron chi connectivity index (χ4n) is 3.44. The molecule has 2 N–H and O–H groups in total. The highest BCUT2D eigenvalue weighted by Crippen LogP contribution is 2.45. The smallest absolute Gasteiger partial charge is 0.0223 e. The number of fused-ring (bicyclic) bond motifs is 1. The topological polar surface area (TPSA) is 32.5 Å². The molecule has 2 saturated heterocycles. The summed E-state index contributed by atoms with van der Waals surface area (Å²) in [5.41, 5.74) is 6.41. The molecule has 92 valence electrons. The van der Waals surface area contributed by atoms with E-state index in [1.807, 2.05) is 0 Å². The van der Waals surface area contributed by atoms with E-state index in [2.05, 4.69) is 9.80 Å². The molecule has 1 unspecified atom stereocenters. The Bertz CT molecular complexity index is 250. The summed E-state index contributed by atoms with van der Waals surface area (Å²) in [6.45, 7) is 7.40. The average molecular weight is 223 g/mol. The highest BCUT2D eigenvalue weighted by molar-refractivity contribution is 4.98. The van der Waals surface area contributed by atoms with Crippen molar-refractivity contribution in [3.8, 4) is 0 Å². The second kappa shape index (κ2) is 4.28. The largest absolute Gasteiger partial charge is 0.330 e. The van der Waals surface area contributed by atoms with Crippen molar-refractivity contribution in [3.05, 3.63) is 0 Å². The Labute approximate surface area is 99.0 Å². The van der Waals surface area contributed by atoms with Crippen molar-refractivity contribution < 1.29 is 0 Å². The molecule has 3 aliphatic rings. The Morgan fingerprint density at radius 1 is 1.12 bits per heavy atom. The lowest BCUT2D eigenvalue weighted by Gasteiger charge is -2.45. The van der Waals surface area contributed by atoms with E-state index >= 15 is 0 Å². The summed E-state index contributed by atoms with van der Waals surface area (Å²) < 4.78 is 0. The van der Waals surface area contributed by atoms with Gasteiger partial charge in [0.1, 0.15) is 0 Å². The molecule has 0 radical (unpaired) electrons.